The van der Waals surface area contributed by atoms with Crippen molar-refractivity contribution in [1.29, 1.82) is 0 Å². The van der Waals surface area contributed by atoms with Crippen molar-refractivity contribution in [2.24, 2.45) is 0 Å². The maximum absolute atomic E-state index is 10.7. The van der Waals surface area contributed by atoms with Gasteiger partial charge < -0.3 is 9.84 Å². The summed E-state index contributed by atoms with van der Waals surface area (Å²) in [6.45, 7) is 7.14. The van der Waals surface area contributed by atoms with E-state index in [2.05, 4.69) is 32.9 Å². The Balaban J connectivity index is 1.94. The van der Waals surface area contributed by atoms with Crippen LogP contribution < -0.4 is 4.74 Å². The van der Waals surface area contributed by atoms with E-state index in [4.69, 9.17) is 9.84 Å². The molecule has 0 spiro atoms. The number of carboxylic acid groups (broad SMARTS) is 1. The second kappa shape index (κ2) is 7.32. The van der Waals surface area contributed by atoms with Crippen LogP contribution in [0.5, 0.6) is 5.75 Å². The van der Waals surface area contributed by atoms with Gasteiger partial charge in [-0.25, -0.2) is 0 Å². The van der Waals surface area contributed by atoms with Gasteiger partial charge in [-0.15, -0.1) is 0 Å². The molecule has 2 aromatic carbocycles. The summed E-state index contributed by atoms with van der Waals surface area (Å²) in [5.74, 6) is 0.0272. The normalized spacial score (nSPS) is 11.3. The van der Waals surface area contributed by atoms with E-state index in [0.717, 1.165) is 23.3 Å². The molecule has 0 saturated heterocycles. The van der Waals surface area contributed by atoms with E-state index in [1.807, 2.05) is 36.4 Å². The molecule has 0 aromatic heterocycles. The lowest BCUT2D eigenvalue weighted by Gasteiger charge is -2.23. The first-order chi connectivity index (χ1) is 10.9. The fourth-order valence-corrected chi connectivity index (χ4v) is 2.30. The third kappa shape index (κ3) is 4.85. The van der Waals surface area contributed by atoms with Gasteiger partial charge in [0.25, 0.3) is 0 Å². The molecule has 0 radical (unpaired) electrons. The van der Waals surface area contributed by atoms with Gasteiger partial charge >= 0.3 is 5.97 Å². The van der Waals surface area contributed by atoms with Crippen LogP contribution in [0.25, 0.3) is 0 Å². The topological polar surface area (TPSA) is 46.5 Å². The maximum atomic E-state index is 10.7. The second-order valence-corrected chi connectivity index (χ2v) is 6.44. The highest BCUT2D eigenvalue weighted by Crippen LogP contribution is 2.28. The average Bonchev–Trinajstić information content (AvgIpc) is 2.54. The third-order valence-electron chi connectivity index (χ3n) is 4.30. The van der Waals surface area contributed by atoms with Gasteiger partial charge in [-0.05, 0) is 40.7 Å². The van der Waals surface area contributed by atoms with E-state index >= 15 is 0 Å². The molecule has 0 heterocycles. The van der Waals surface area contributed by atoms with E-state index < -0.39 is 5.97 Å². The lowest BCUT2D eigenvalue weighted by molar-refractivity contribution is -0.136. The predicted octanol–water partition coefficient (Wildman–Crippen LogP) is 4.58. The monoisotopic (exact) mass is 312 g/mol. The van der Waals surface area contributed by atoms with Gasteiger partial charge in [-0.1, -0.05) is 57.2 Å². The Kier molecular flexibility index (Phi) is 5.43. The number of rotatable bonds is 7. The first-order valence-corrected chi connectivity index (χ1v) is 7.93. The number of carboxylic acids is 1. The van der Waals surface area contributed by atoms with Crippen molar-refractivity contribution in [3.05, 3.63) is 65.2 Å². The highest BCUT2D eigenvalue weighted by atomic mass is 16.5. The maximum Gasteiger partial charge on any atom is 0.307 e. The van der Waals surface area contributed by atoms with Crippen LogP contribution in [0.15, 0.2) is 48.5 Å². The summed E-state index contributed by atoms with van der Waals surface area (Å²) in [5, 5.41) is 8.76. The first kappa shape index (κ1) is 17.1. The number of carbonyl (C=O) groups is 1. The second-order valence-electron chi connectivity index (χ2n) is 6.44. The molecule has 1 N–H and O–H groups in total. The van der Waals surface area contributed by atoms with E-state index in [0.29, 0.717) is 6.61 Å². The van der Waals surface area contributed by atoms with Crippen molar-refractivity contribution in [2.45, 2.75) is 45.6 Å². The first-order valence-electron chi connectivity index (χ1n) is 7.93. The zero-order valence-electron chi connectivity index (χ0n) is 14.0. The molecule has 0 amide bonds. The lowest BCUT2D eigenvalue weighted by Crippen LogP contribution is -2.15. The van der Waals surface area contributed by atoms with E-state index in [1.165, 1.54) is 5.56 Å². The van der Waals surface area contributed by atoms with Crippen LogP contribution in [0.1, 0.15) is 43.9 Å². The van der Waals surface area contributed by atoms with Crippen molar-refractivity contribution in [3.63, 3.8) is 0 Å². The zero-order valence-corrected chi connectivity index (χ0v) is 14.0. The Morgan fingerprint density at radius 2 is 1.57 bits per heavy atom. The zero-order chi connectivity index (χ0) is 16.9. The molecule has 3 nitrogen and oxygen atoms in total. The van der Waals surface area contributed by atoms with Gasteiger partial charge in [0, 0.05) is 0 Å². The van der Waals surface area contributed by atoms with Gasteiger partial charge in [0.1, 0.15) is 12.4 Å². The Bertz CT molecular complexity index is 640. The summed E-state index contributed by atoms with van der Waals surface area (Å²) in [4.78, 5) is 10.7. The van der Waals surface area contributed by atoms with Crippen LogP contribution in [-0.4, -0.2) is 11.1 Å². The van der Waals surface area contributed by atoms with Crippen molar-refractivity contribution < 1.29 is 14.6 Å². The minimum absolute atomic E-state index is 0.0514. The van der Waals surface area contributed by atoms with Gasteiger partial charge in [-0.3, -0.25) is 4.79 Å². The molecule has 0 atom stereocenters. The molecule has 0 unspecified atom stereocenters. The number of hydrogen-bond acceptors (Lipinski definition) is 2. The van der Waals surface area contributed by atoms with Crippen molar-refractivity contribution in [3.8, 4) is 5.75 Å². The SMILES string of the molecule is CCC(C)(C)c1ccc(OCc2ccc(CC(=O)O)cc2)cc1. The molecule has 0 aliphatic carbocycles. The molecule has 3 heteroatoms. The van der Waals surface area contributed by atoms with Crippen molar-refractivity contribution >= 4 is 5.97 Å². The number of benzene rings is 2. The van der Waals surface area contributed by atoms with E-state index in [1.54, 1.807) is 0 Å². The molecule has 0 aliphatic rings. The Labute approximate surface area is 137 Å². The van der Waals surface area contributed by atoms with Crippen molar-refractivity contribution in [1.82, 2.24) is 0 Å². The van der Waals surface area contributed by atoms with Gasteiger partial charge in [0.05, 0.1) is 6.42 Å². The molecule has 23 heavy (non-hydrogen) atoms. The Hall–Kier alpha value is -2.29. The summed E-state index contributed by atoms with van der Waals surface area (Å²) in [5.41, 5.74) is 3.31. The molecule has 0 bridgehead atoms. The Morgan fingerprint density at radius 3 is 2.09 bits per heavy atom. The summed E-state index contributed by atoms with van der Waals surface area (Å²) < 4.78 is 5.80. The quantitative estimate of drug-likeness (QED) is 0.814. The average molecular weight is 312 g/mol. The summed E-state index contributed by atoms with van der Waals surface area (Å²) in [7, 11) is 0. The van der Waals surface area contributed by atoms with E-state index in [9.17, 15) is 4.79 Å². The largest absolute Gasteiger partial charge is 0.489 e. The fraction of sp³-hybridized carbons (Fsp3) is 0.350. The lowest BCUT2D eigenvalue weighted by atomic mass is 9.82. The van der Waals surface area contributed by atoms with Crippen LogP contribution in [-0.2, 0) is 23.2 Å². The highest BCUT2D eigenvalue weighted by molar-refractivity contribution is 5.70. The highest BCUT2D eigenvalue weighted by Gasteiger charge is 2.17. The molecule has 122 valence electrons. The van der Waals surface area contributed by atoms with Crippen LogP contribution >= 0.6 is 0 Å². The molecular formula is C20H24O3. The van der Waals surface area contributed by atoms with Gasteiger partial charge in [0.15, 0.2) is 0 Å². The standard InChI is InChI=1S/C20H24O3/c1-4-20(2,3)17-9-11-18(12-10-17)23-14-16-7-5-15(6-8-16)13-19(21)22/h5-12H,4,13-14H2,1-3H3,(H,21,22). The smallest absolute Gasteiger partial charge is 0.307 e. The number of hydrogen-bond donors (Lipinski definition) is 1. The van der Waals surface area contributed by atoms with Crippen LogP contribution in [0.4, 0.5) is 0 Å². The number of ether oxygens (including phenoxy) is 1. The van der Waals surface area contributed by atoms with Crippen LogP contribution in [0.2, 0.25) is 0 Å². The van der Waals surface area contributed by atoms with Crippen molar-refractivity contribution in [2.75, 3.05) is 0 Å². The minimum atomic E-state index is -0.816. The predicted molar refractivity (Wildman–Crippen MR) is 91.9 cm³/mol. The van der Waals surface area contributed by atoms with Crippen LogP contribution in [0.3, 0.4) is 0 Å². The molecule has 2 aromatic rings. The van der Waals surface area contributed by atoms with E-state index in [-0.39, 0.29) is 11.8 Å². The Morgan fingerprint density at radius 1 is 1.00 bits per heavy atom. The molecule has 2 rings (SSSR count). The van der Waals surface area contributed by atoms with Gasteiger partial charge in [0.2, 0.25) is 0 Å². The third-order valence-corrected chi connectivity index (χ3v) is 4.30. The molecule has 0 fully saturated rings. The molecule has 0 saturated carbocycles. The van der Waals surface area contributed by atoms with Gasteiger partial charge in [-0.2, -0.15) is 0 Å². The fourth-order valence-electron chi connectivity index (χ4n) is 2.30. The summed E-state index contributed by atoms with van der Waals surface area (Å²) in [6.07, 6.45) is 1.14. The number of aliphatic carboxylic acids is 1. The summed E-state index contributed by atoms with van der Waals surface area (Å²) in [6, 6.07) is 15.7. The summed E-state index contributed by atoms with van der Waals surface area (Å²) >= 11 is 0. The molecule has 0 aliphatic heterocycles. The van der Waals surface area contributed by atoms with Crippen LogP contribution in [0, 0.1) is 0 Å². The molecular weight excluding hydrogens is 288 g/mol. The minimum Gasteiger partial charge on any atom is -0.489 e.